The number of rotatable bonds is 5. The van der Waals surface area contributed by atoms with Gasteiger partial charge in [0, 0.05) is 5.41 Å². The van der Waals surface area contributed by atoms with Gasteiger partial charge in [-0.2, -0.15) is 0 Å². The highest BCUT2D eigenvalue weighted by Crippen LogP contribution is 2.35. The van der Waals surface area contributed by atoms with Gasteiger partial charge in [0.1, 0.15) is 11.5 Å². The molecule has 3 heteroatoms. The summed E-state index contributed by atoms with van der Waals surface area (Å²) in [4.78, 5) is 12.3. The number of hydrogen-bond acceptors (Lipinski definition) is 3. The lowest BCUT2D eigenvalue weighted by Gasteiger charge is -2.27. The second kappa shape index (κ2) is 7.89. The normalized spacial score (nSPS) is 11.2. The first-order chi connectivity index (χ1) is 13.3. The molecule has 3 nitrogen and oxygen atoms in total. The lowest BCUT2D eigenvalue weighted by Crippen LogP contribution is -2.19. The largest absolute Gasteiger partial charge is 0.496 e. The zero-order valence-electron chi connectivity index (χ0n) is 17.1. The number of carbonyl (C=O) groups is 1. The van der Waals surface area contributed by atoms with Gasteiger partial charge in [-0.1, -0.05) is 56.3 Å². The Morgan fingerprint density at radius 3 is 1.82 bits per heavy atom. The van der Waals surface area contributed by atoms with Crippen LogP contribution < -0.4 is 9.47 Å². The molecule has 0 bridgehead atoms. The molecule has 0 radical (unpaired) electrons. The monoisotopic (exact) mass is 374 g/mol. The van der Waals surface area contributed by atoms with Gasteiger partial charge in [-0.3, -0.25) is 0 Å². The van der Waals surface area contributed by atoms with E-state index in [0.29, 0.717) is 11.3 Å². The summed E-state index contributed by atoms with van der Waals surface area (Å²) >= 11 is 0. The number of benzene rings is 3. The van der Waals surface area contributed by atoms with E-state index in [9.17, 15) is 4.79 Å². The van der Waals surface area contributed by atoms with Gasteiger partial charge in [0.2, 0.25) is 0 Å². The van der Waals surface area contributed by atoms with Crippen LogP contribution in [0.25, 0.3) is 0 Å². The van der Waals surface area contributed by atoms with Crippen LogP contribution in [0.2, 0.25) is 0 Å². The van der Waals surface area contributed by atoms with Gasteiger partial charge in [-0.25, -0.2) is 4.79 Å². The first kappa shape index (κ1) is 19.7. The van der Waals surface area contributed by atoms with E-state index in [1.807, 2.05) is 43.3 Å². The molecule has 3 aromatic carbocycles. The number of aryl methyl sites for hydroxylation is 2. The molecule has 0 aliphatic heterocycles. The van der Waals surface area contributed by atoms with Gasteiger partial charge < -0.3 is 9.47 Å². The van der Waals surface area contributed by atoms with Crippen LogP contribution in [0.1, 0.15) is 46.5 Å². The average Bonchev–Trinajstić information content (AvgIpc) is 2.70. The second-order valence-corrected chi connectivity index (χ2v) is 7.55. The fraction of sp³-hybridized carbons (Fsp3) is 0.240. The molecule has 0 atom stereocenters. The standard InChI is InChI=1S/C25H26O3/c1-17-15-20(11-13-22(17)27-5)25(3,4)21-12-14-23(18(2)16-21)28-24(26)19-9-7-6-8-10-19/h6-16H,1-5H3. The maximum Gasteiger partial charge on any atom is 0.343 e. The van der Waals surface area contributed by atoms with Crippen LogP contribution in [-0.2, 0) is 5.41 Å². The van der Waals surface area contributed by atoms with Crippen molar-refractivity contribution in [3.63, 3.8) is 0 Å². The molecule has 0 aliphatic carbocycles. The molecule has 0 unspecified atom stereocenters. The SMILES string of the molecule is COc1ccc(C(C)(C)c2ccc(OC(=O)c3ccccc3)c(C)c2)cc1C. The van der Waals surface area contributed by atoms with Crippen molar-refractivity contribution in [3.8, 4) is 11.5 Å². The van der Waals surface area contributed by atoms with Crippen LogP contribution in [0.15, 0.2) is 66.7 Å². The van der Waals surface area contributed by atoms with Gasteiger partial charge in [0.25, 0.3) is 0 Å². The van der Waals surface area contributed by atoms with Crippen LogP contribution in [-0.4, -0.2) is 13.1 Å². The van der Waals surface area contributed by atoms with E-state index in [0.717, 1.165) is 22.4 Å². The smallest absolute Gasteiger partial charge is 0.343 e. The summed E-state index contributed by atoms with van der Waals surface area (Å²) < 4.78 is 11.0. The average molecular weight is 374 g/mol. The Labute approximate surface area is 166 Å². The van der Waals surface area contributed by atoms with Crippen LogP contribution in [0.3, 0.4) is 0 Å². The summed E-state index contributed by atoms with van der Waals surface area (Å²) in [5.41, 5.74) is 4.76. The van der Waals surface area contributed by atoms with E-state index >= 15 is 0 Å². The first-order valence-electron chi connectivity index (χ1n) is 9.36. The molecule has 0 saturated heterocycles. The topological polar surface area (TPSA) is 35.5 Å². The number of hydrogen-bond donors (Lipinski definition) is 0. The molecular weight excluding hydrogens is 348 g/mol. The van der Waals surface area contributed by atoms with Gasteiger partial charge in [0.05, 0.1) is 12.7 Å². The summed E-state index contributed by atoms with van der Waals surface area (Å²) in [7, 11) is 1.69. The van der Waals surface area contributed by atoms with Crippen LogP contribution >= 0.6 is 0 Å². The van der Waals surface area contributed by atoms with E-state index in [1.165, 1.54) is 5.56 Å². The summed E-state index contributed by atoms with van der Waals surface area (Å²) in [6.07, 6.45) is 0. The third kappa shape index (κ3) is 3.94. The highest BCUT2D eigenvalue weighted by atomic mass is 16.5. The fourth-order valence-electron chi connectivity index (χ4n) is 3.32. The zero-order valence-corrected chi connectivity index (χ0v) is 17.1. The quantitative estimate of drug-likeness (QED) is 0.415. The second-order valence-electron chi connectivity index (χ2n) is 7.55. The molecule has 28 heavy (non-hydrogen) atoms. The molecule has 144 valence electrons. The molecule has 0 N–H and O–H groups in total. The lowest BCUT2D eigenvalue weighted by atomic mass is 9.77. The number of ether oxygens (including phenoxy) is 2. The van der Waals surface area contributed by atoms with Crippen molar-refractivity contribution in [2.75, 3.05) is 7.11 Å². The zero-order chi connectivity index (χ0) is 20.3. The number of carbonyl (C=O) groups excluding carboxylic acids is 1. The highest BCUT2D eigenvalue weighted by molar-refractivity contribution is 5.91. The predicted molar refractivity (Wildman–Crippen MR) is 112 cm³/mol. The summed E-state index contributed by atoms with van der Waals surface area (Å²) in [6, 6.07) is 21.3. The Bertz CT molecular complexity index is 988. The first-order valence-corrected chi connectivity index (χ1v) is 9.36. The van der Waals surface area contributed by atoms with Crippen LogP contribution in [0.4, 0.5) is 0 Å². The van der Waals surface area contributed by atoms with Crippen molar-refractivity contribution in [3.05, 3.63) is 94.5 Å². The van der Waals surface area contributed by atoms with Crippen molar-refractivity contribution in [1.29, 1.82) is 0 Å². The molecule has 3 rings (SSSR count). The number of esters is 1. The van der Waals surface area contributed by atoms with Crippen molar-refractivity contribution < 1.29 is 14.3 Å². The summed E-state index contributed by atoms with van der Waals surface area (Å²) in [5, 5.41) is 0. The van der Waals surface area contributed by atoms with Gasteiger partial charge in [-0.15, -0.1) is 0 Å². The molecule has 3 aromatic rings. The minimum absolute atomic E-state index is 0.191. The van der Waals surface area contributed by atoms with E-state index < -0.39 is 0 Å². The Morgan fingerprint density at radius 2 is 1.32 bits per heavy atom. The number of methoxy groups -OCH3 is 1. The van der Waals surface area contributed by atoms with Crippen molar-refractivity contribution in [2.24, 2.45) is 0 Å². The third-order valence-corrected chi connectivity index (χ3v) is 5.23. The van der Waals surface area contributed by atoms with E-state index in [4.69, 9.17) is 9.47 Å². The molecule has 0 amide bonds. The van der Waals surface area contributed by atoms with Gasteiger partial charge in [-0.05, 0) is 60.4 Å². The molecule has 0 spiro atoms. The third-order valence-electron chi connectivity index (χ3n) is 5.23. The Hall–Kier alpha value is -3.07. The predicted octanol–water partition coefficient (Wildman–Crippen LogP) is 5.86. The molecular formula is C25H26O3. The Kier molecular flexibility index (Phi) is 5.55. The van der Waals surface area contributed by atoms with E-state index in [1.54, 1.807) is 19.2 Å². The molecule has 0 fully saturated rings. The van der Waals surface area contributed by atoms with E-state index in [2.05, 4.69) is 39.0 Å². The molecule has 0 aliphatic rings. The van der Waals surface area contributed by atoms with E-state index in [-0.39, 0.29) is 11.4 Å². The van der Waals surface area contributed by atoms with Crippen LogP contribution in [0.5, 0.6) is 11.5 Å². The summed E-state index contributed by atoms with van der Waals surface area (Å²) in [6.45, 7) is 8.40. The van der Waals surface area contributed by atoms with Gasteiger partial charge in [0.15, 0.2) is 0 Å². The lowest BCUT2D eigenvalue weighted by molar-refractivity contribution is 0.0733. The molecule has 0 aromatic heterocycles. The minimum Gasteiger partial charge on any atom is -0.496 e. The highest BCUT2D eigenvalue weighted by Gasteiger charge is 2.25. The maximum atomic E-state index is 12.3. The fourth-order valence-corrected chi connectivity index (χ4v) is 3.32. The molecule has 0 heterocycles. The summed E-state index contributed by atoms with van der Waals surface area (Å²) in [5.74, 6) is 1.12. The van der Waals surface area contributed by atoms with Crippen molar-refractivity contribution in [1.82, 2.24) is 0 Å². The molecule has 0 saturated carbocycles. The van der Waals surface area contributed by atoms with Crippen LogP contribution in [0, 0.1) is 13.8 Å². The Balaban J connectivity index is 1.86. The maximum absolute atomic E-state index is 12.3. The minimum atomic E-state index is -0.346. The van der Waals surface area contributed by atoms with Crippen molar-refractivity contribution in [2.45, 2.75) is 33.1 Å². The van der Waals surface area contributed by atoms with Crippen molar-refractivity contribution >= 4 is 5.97 Å². The Morgan fingerprint density at radius 1 is 0.786 bits per heavy atom. The van der Waals surface area contributed by atoms with Gasteiger partial charge >= 0.3 is 5.97 Å².